The molecule has 0 spiro atoms. The molecule has 1 aliphatic rings. The van der Waals surface area contributed by atoms with Gasteiger partial charge in [0, 0.05) is 11.9 Å². The van der Waals surface area contributed by atoms with Gasteiger partial charge in [0.2, 0.25) is 0 Å². The van der Waals surface area contributed by atoms with Crippen LogP contribution in [0.4, 0.5) is 0 Å². The van der Waals surface area contributed by atoms with Crippen molar-refractivity contribution < 1.29 is 5.11 Å². The van der Waals surface area contributed by atoms with E-state index < -0.39 is 0 Å². The Labute approximate surface area is 52.3 Å². The third-order valence-corrected chi connectivity index (χ3v) is 2.13. The van der Waals surface area contributed by atoms with Crippen LogP contribution >= 0.6 is 11.9 Å². The minimum atomic E-state index is 0.179. The van der Waals surface area contributed by atoms with Gasteiger partial charge in [0.1, 0.15) is 0 Å². The second kappa shape index (κ2) is 2.46. The van der Waals surface area contributed by atoms with E-state index in [1.165, 1.54) is 11.9 Å². The summed E-state index contributed by atoms with van der Waals surface area (Å²) in [6, 6.07) is 0.199. The number of hydrogen-bond donors (Lipinski definition) is 1. The van der Waals surface area contributed by atoms with Crippen LogP contribution in [0, 0.1) is 0 Å². The normalized spacial score (nSPS) is 36.2. The quantitative estimate of drug-likeness (QED) is 0.537. The fourth-order valence-corrected chi connectivity index (χ4v) is 1.13. The second-order valence-electron chi connectivity index (χ2n) is 1.76. The van der Waals surface area contributed by atoms with E-state index in [0.717, 1.165) is 0 Å². The Morgan fingerprint density at radius 1 is 1.75 bits per heavy atom. The number of rotatable bonds is 1. The Bertz CT molecular complexity index is 106. The molecule has 3 nitrogen and oxygen atoms in total. The molecule has 2 atom stereocenters. The molecule has 2 unspecified atom stereocenters. The van der Waals surface area contributed by atoms with Crippen molar-refractivity contribution in [3.63, 3.8) is 0 Å². The molecule has 0 saturated heterocycles. The van der Waals surface area contributed by atoms with Gasteiger partial charge < -0.3 is 5.11 Å². The first-order valence-electron chi connectivity index (χ1n) is 2.51. The zero-order chi connectivity index (χ0) is 5.98. The number of nitrogens with zero attached hydrogens (tertiary/aromatic N) is 2. The summed E-state index contributed by atoms with van der Waals surface area (Å²) in [4.78, 5) is 0. The Hall–Kier alpha value is -0.0900. The molecule has 8 heavy (non-hydrogen) atoms. The van der Waals surface area contributed by atoms with Crippen molar-refractivity contribution in [1.29, 1.82) is 0 Å². The van der Waals surface area contributed by atoms with Gasteiger partial charge in [-0.15, -0.1) is 4.52 Å². The number of hydrogen-bond acceptors (Lipinski definition) is 4. The summed E-state index contributed by atoms with van der Waals surface area (Å²) >= 11 is 1.36. The molecule has 4 heteroatoms. The highest BCUT2D eigenvalue weighted by molar-refractivity contribution is 7.98. The molecule has 1 N–H and O–H groups in total. The van der Waals surface area contributed by atoms with Gasteiger partial charge in [0.25, 0.3) is 0 Å². The van der Waals surface area contributed by atoms with Gasteiger partial charge in [-0.1, -0.05) is 0 Å². The highest BCUT2D eigenvalue weighted by Crippen LogP contribution is 2.25. The SMILES string of the molecule is CC1N=NSC1CO. The largest absolute Gasteiger partial charge is 0.395 e. The van der Waals surface area contributed by atoms with E-state index in [0.29, 0.717) is 0 Å². The summed E-state index contributed by atoms with van der Waals surface area (Å²) in [6.45, 7) is 2.13. The fourth-order valence-electron chi connectivity index (χ4n) is 0.510. The van der Waals surface area contributed by atoms with E-state index in [1.807, 2.05) is 6.92 Å². The van der Waals surface area contributed by atoms with Crippen LogP contribution in [-0.2, 0) is 0 Å². The molecule has 0 aromatic carbocycles. The smallest absolute Gasteiger partial charge is 0.0850 e. The molecule has 1 rings (SSSR count). The second-order valence-corrected chi connectivity index (χ2v) is 2.74. The molecule has 0 amide bonds. The molecule has 0 aliphatic carbocycles. The van der Waals surface area contributed by atoms with Gasteiger partial charge in [-0.05, 0) is 6.92 Å². The lowest BCUT2D eigenvalue weighted by atomic mass is 10.3. The molecule has 0 aromatic rings. The lowest BCUT2D eigenvalue weighted by Crippen LogP contribution is -2.17. The van der Waals surface area contributed by atoms with Crippen LogP contribution in [0.2, 0.25) is 0 Å². The molecule has 46 valence electrons. The summed E-state index contributed by atoms with van der Waals surface area (Å²) in [5.74, 6) is 0. The molecular weight excluding hydrogens is 124 g/mol. The highest BCUT2D eigenvalue weighted by Gasteiger charge is 2.21. The Balaban J connectivity index is 2.38. The van der Waals surface area contributed by atoms with Crippen LogP contribution in [0.25, 0.3) is 0 Å². The first-order chi connectivity index (χ1) is 3.84. The van der Waals surface area contributed by atoms with E-state index >= 15 is 0 Å². The molecule has 1 aliphatic heterocycles. The van der Waals surface area contributed by atoms with E-state index in [-0.39, 0.29) is 17.9 Å². The van der Waals surface area contributed by atoms with Crippen molar-refractivity contribution >= 4 is 11.9 Å². The molecule has 0 radical (unpaired) electrons. The lowest BCUT2D eigenvalue weighted by molar-refractivity contribution is 0.287. The van der Waals surface area contributed by atoms with Crippen molar-refractivity contribution in [3.05, 3.63) is 0 Å². The summed E-state index contributed by atoms with van der Waals surface area (Å²) in [5, 5.41) is 12.6. The highest BCUT2D eigenvalue weighted by atomic mass is 32.2. The Morgan fingerprint density at radius 2 is 2.50 bits per heavy atom. The topological polar surface area (TPSA) is 45.0 Å². The minimum absolute atomic E-state index is 0.179. The Morgan fingerprint density at radius 3 is 2.75 bits per heavy atom. The maximum absolute atomic E-state index is 8.60. The van der Waals surface area contributed by atoms with Crippen molar-refractivity contribution in [3.8, 4) is 0 Å². The van der Waals surface area contributed by atoms with E-state index in [4.69, 9.17) is 5.11 Å². The van der Waals surface area contributed by atoms with Gasteiger partial charge in [-0.3, -0.25) is 0 Å². The summed E-state index contributed by atoms with van der Waals surface area (Å²) < 4.78 is 3.70. The van der Waals surface area contributed by atoms with Gasteiger partial charge in [0.15, 0.2) is 0 Å². The van der Waals surface area contributed by atoms with Crippen molar-refractivity contribution in [2.75, 3.05) is 6.61 Å². The Kier molecular flexibility index (Phi) is 1.85. The number of aliphatic hydroxyl groups excluding tert-OH is 1. The third kappa shape index (κ3) is 1.00. The van der Waals surface area contributed by atoms with E-state index in [9.17, 15) is 0 Å². The summed E-state index contributed by atoms with van der Waals surface area (Å²) in [6.07, 6.45) is 0. The maximum Gasteiger partial charge on any atom is 0.0850 e. The van der Waals surface area contributed by atoms with Gasteiger partial charge in [-0.25, -0.2) is 0 Å². The number of aliphatic hydroxyl groups is 1. The van der Waals surface area contributed by atoms with Crippen LogP contribution < -0.4 is 0 Å². The van der Waals surface area contributed by atoms with Crippen LogP contribution in [0.15, 0.2) is 9.63 Å². The van der Waals surface area contributed by atoms with Gasteiger partial charge in [-0.2, -0.15) is 5.11 Å². The third-order valence-electron chi connectivity index (χ3n) is 1.13. The monoisotopic (exact) mass is 132 g/mol. The van der Waals surface area contributed by atoms with Gasteiger partial charge in [0.05, 0.1) is 17.9 Å². The molecule has 1 heterocycles. The fraction of sp³-hybridized carbons (Fsp3) is 1.00. The zero-order valence-electron chi connectivity index (χ0n) is 4.61. The maximum atomic E-state index is 8.60. The van der Waals surface area contributed by atoms with Crippen LogP contribution in [0.1, 0.15) is 6.92 Å². The van der Waals surface area contributed by atoms with Gasteiger partial charge >= 0.3 is 0 Å². The van der Waals surface area contributed by atoms with Crippen LogP contribution in [-0.4, -0.2) is 23.0 Å². The molecule has 0 aromatic heterocycles. The first-order valence-corrected chi connectivity index (χ1v) is 3.35. The minimum Gasteiger partial charge on any atom is -0.395 e. The van der Waals surface area contributed by atoms with E-state index in [2.05, 4.69) is 9.63 Å². The van der Waals surface area contributed by atoms with Crippen molar-refractivity contribution in [1.82, 2.24) is 0 Å². The molecular formula is C4H8N2OS. The molecule has 0 saturated carbocycles. The summed E-state index contributed by atoms with van der Waals surface area (Å²) in [5.41, 5.74) is 0. The molecule has 0 fully saturated rings. The predicted molar refractivity (Wildman–Crippen MR) is 32.8 cm³/mol. The van der Waals surface area contributed by atoms with Crippen molar-refractivity contribution in [2.24, 2.45) is 9.63 Å². The average molecular weight is 132 g/mol. The zero-order valence-corrected chi connectivity index (χ0v) is 5.43. The molecule has 0 bridgehead atoms. The lowest BCUT2D eigenvalue weighted by Gasteiger charge is -2.03. The van der Waals surface area contributed by atoms with Crippen LogP contribution in [0.3, 0.4) is 0 Å². The average Bonchev–Trinajstić information content (AvgIpc) is 2.14. The predicted octanol–water partition coefficient (Wildman–Crippen LogP) is 0.850. The van der Waals surface area contributed by atoms with Crippen molar-refractivity contribution in [2.45, 2.75) is 18.2 Å². The first kappa shape index (κ1) is 6.04. The standard InChI is InChI=1S/C4H8N2OS/c1-3-4(2-7)8-6-5-3/h3-4,7H,2H2,1H3. The van der Waals surface area contributed by atoms with Crippen LogP contribution in [0.5, 0.6) is 0 Å². The van der Waals surface area contributed by atoms with E-state index in [1.54, 1.807) is 0 Å². The summed E-state index contributed by atoms with van der Waals surface area (Å²) in [7, 11) is 0.